The molecule has 2 aromatic rings. The first-order valence-electron chi connectivity index (χ1n) is 12.0. The van der Waals surface area contributed by atoms with Gasteiger partial charge in [0.25, 0.3) is 0 Å². The van der Waals surface area contributed by atoms with Crippen LogP contribution in [0.5, 0.6) is 0 Å². The molecule has 8 nitrogen and oxygen atoms in total. The van der Waals surface area contributed by atoms with Gasteiger partial charge in [-0.05, 0) is 69.5 Å². The topological polar surface area (TPSA) is 92.5 Å². The van der Waals surface area contributed by atoms with Crippen molar-refractivity contribution in [3.8, 4) is 11.3 Å². The van der Waals surface area contributed by atoms with Gasteiger partial charge in [-0.25, -0.2) is 4.39 Å². The van der Waals surface area contributed by atoms with Crippen LogP contribution in [0.4, 0.5) is 4.39 Å². The van der Waals surface area contributed by atoms with E-state index in [1.54, 1.807) is 16.8 Å². The van der Waals surface area contributed by atoms with E-state index in [-0.39, 0.29) is 30.5 Å². The smallest absolute Gasteiger partial charge is 0.221 e. The van der Waals surface area contributed by atoms with E-state index in [1.165, 1.54) is 31.4 Å². The van der Waals surface area contributed by atoms with Crippen molar-refractivity contribution in [2.24, 2.45) is 0 Å². The van der Waals surface area contributed by atoms with Crippen LogP contribution in [-0.4, -0.2) is 75.4 Å². The molecular formula is C24H34FN5O3. The summed E-state index contributed by atoms with van der Waals surface area (Å²) in [6.07, 6.45) is 7.96. The first kappa shape index (κ1) is 23.8. The lowest BCUT2D eigenvalue weighted by molar-refractivity contribution is -0.129. The van der Waals surface area contributed by atoms with Gasteiger partial charge in [-0.1, -0.05) is 11.6 Å². The molecule has 2 N–H and O–H groups in total. The van der Waals surface area contributed by atoms with Crippen LogP contribution in [0.3, 0.4) is 0 Å². The number of nitrogens with zero attached hydrogens (tertiary/aromatic N) is 4. The van der Waals surface area contributed by atoms with Crippen LogP contribution in [0.1, 0.15) is 44.9 Å². The quantitative estimate of drug-likeness (QED) is 0.598. The van der Waals surface area contributed by atoms with E-state index in [9.17, 15) is 14.3 Å². The lowest BCUT2D eigenvalue weighted by Crippen LogP contribution is -2.51. The molecule has 1 amide bonds. The highest BCUT2D eigenvalue weighted by molar-refractivity contribution is 5.76. The molecule has 1 aromatic carbocycles. The molecule has 0 saturated carbocycles. The highest BCUT2D eigenvalue weighted by Crippen LogP contribution is 2.23. The van der Waals surface area contributed by atoms with Crippen LogP contribution >= 0.6 is 0 Å². The van der Waals surface area contributed by atoms with Crippen molar-refractivity contribution in [1.82, 2.24) is 25.2 Å². The summed E-state index contributed by atoms with van der Waals surface area (Å²) in [7, 11) is 0. The molecular weight excluding hydrogens is 425 g/mol. The second-order valence-corrected chi connectivity index (χ2v) is 9.05. The number of aliphatic hydroxyl groups excluding tert-OH is 1. The molecule has 0 spiro atoms. The average molecular weight is 460 g/mol. The van der Waals surface area contributed by atoms with Gasteiger partial charge < -0.3 is 20.1 Å². The molecule has 2 saturated heterocycles. The highest BCUT2D eigenvalue weighted by Gasteiger charge is 2.31. The van der Waals surface area contributed by atoms with Gasteiger partial charge in [-0.3, -0.25) is 9.48 Å². The molecule has 0 unspecified atom stereocenters. The Kier molecular flexibility index (Phi) is 8.41. The number of benzene rings is 1. The van der Waals surface area contributed by atoms with Gasteiger partial charge in [-0.2, -0.15) is 0 Å². The van der Waals surface area contributed by atoms with Crippen molar-refractivity contribution >= 4 is 5.91 Å². The maximum atomic E-state index is 13.1. The minimum atomic E-state index is -0.395. The molecule has 2 aliphatic rings. The maximum Gasteiger partial charge on any atom is 0.221 e. The molecule has 0 radical (unpaired) electrons. The molecule has 33 heavy (non-hydrogen) atoms. The molecule has 0 bridgehead atoms. The van der Waals surface area contributed by atoms with E-state index in [4.69, 9.17) is 4.74 Å². The molecule has 1 aromatic heterocycles. The summed E-state index contributed by atoms with van der Waals surface area (Å²) >= 11 is 0. The van der Waals surface area contributed by atoms with E-state index >= 15 is 0 Å². The summed E-state index contributed by atoms with van der Waals surface area (Å²) < 4.78 is 21.0. The predicted octanol–water partition coefficient (Wildman–Crippen LogP) is 2.38. The maximum absolute atomic E-state index is 13.1. The second kappa shape index (κ2) is 11.7. The number of carbonyl (C=O) groups excluding carboxylic acids is 1. The first-order chi connectivity index (χ1) is 16.1. The van der Waals surface area contributed by atoms with Crippen molar-refractivity contribution in [3.05, 3.63) is 36.3 Å². The number of hydrogen-bond acceptors (Lipinski definition) is 6. The number of aryl methyl sites for hydroxylation is 1. The predicted molar refractivity (Wildman–Crippen MR) is 122 cm³/mol. The van der Waals surface area contributed by atoms with Crippen molar-refractivity contribution in [1.29, 1.82) is 0 Å². The molecule has 2 fully saturated rings. The van der Waals surface area contributed by atoms with Crippen LogP contribution in [0, 0.1) is 5.82 Å². The van der Waals surface area contributed by atoms with Crippen LogP contribution in [-0.2, 0) is 16.1 Å². The molecule has 0 aliphatic carbocycles. The van der Waals surface area contributed by atoms with Gasteiger partial charge in [-0.15, -0.1) is 5.10 Å². The number of aliphatic hydroxyl groups is 1. The third-order valence-electron chi connectivity index (χ3n) is 6.60. The minimum Gasteiger partial charge on any atom is -0.394 e. The van der Waals surface area contributed by atoms with E-state index in [2.05, 4.69) is 20.5 Å². The number of ether oxygens (including phenoxy) is 1. The fourth-order valence-corrected chi connectivity index (χ4v) is 4.67. The zero-order chi connectivity index (χ0) is 23.0. The van der Waals surface area contributed by atoms with E-state index in [0.29, 0.717) is 18.7 Å². The number of aromatic nitrogens is 3. The third kappa shape index (κ3) is 6.82. The molecule has 3 atom stereocenters. The Morgan fingerprint density at radius 2 is 1.94 bits per heavy atom. The summed E-state index contributed by atoms with van der Waals surface area (Å²) in [5.41, 5.74) is 1.51. The number of nitrogens with one attached hydrogen (secondary N) is 1. The Morgan fingerprint density at radius 1 is 1.15 bits per heavy atom. The monoisotopic (exact) mass is 459 g/mol. The standard InChI is InChI=1S/C24H34FN5O3/c25-19-6-4-18(5-7-19)22-16-30(28-27-22)15-10-20-8-9-21(23(17-31)33-20)26-24(32)11-14-29-12-2-1-3-13-29/h4-7,16,20-21,23,31H,1-3,8-15,17H2,(H,26,32)/t20-,21-,23-/m0/s1. The summed E-state index contributed by atoms with van der Waals surface area (Å²) in [4.78, 5) is 14.8. The average Bonchev–Trinajstić information content (AvgIpc) is 3.32. The second-order valence-electron chi connectivity index (χ2n) is 9.05. The summed E-state index contributed by atoms with van der Waals surface area (Å²) in [5, 5.41) is 21.2. The van der Waals surface area contributed by atoms with Gasteiger partial charge in [0.05, 0.1) is 24.9 Å². The highest BCUT2D eigenvalue weighted by atomic mass is 19.1. The van der Waals surface area contributed by atoms with Crippen LogP contribution in [0.25, 0.3) is 11.3 Å². The van der Waals surface area contributed by atoms with Crippen molar-refractivity contribution in [2.75, 3.05) is 26.2 Å². The number of halogens is 1. The van der Waals surface area contributed by atoms with Gasteiger partial charge in [0.15, 0.2) is 0 Å². The van der Waals surface area contributed by atoms with Crippen LogP contribution in [0.15, 0.2) is 30.5 Å². The zero-order valence-electron chi connectivity index (χ0n) is 19.0. The van der Waals surface area contributed by atoms with Gasteiger partial charge in [0.1, 0.15) is 17.6 Å². The van der Waals surface area contributed by atoms with Gasteiger partial charge >= 0.3 is 0 Å². The lowest BCUT2D eigenvalue weighted by Gasteiger charge is -2.36. The van der Waals surface area contributed by atoms with Crippen molar-refractivity contribution in [3.63, 3.8) is 0 Å². The van der Waals surface area contributed by atoms with E-state index in [1.807, 2.05) is 6.20 Å². The fraction of sp³-hybridized carbons (Fsp3) is 0.625. The minimum absolute atomic E-state index is 0.0119. The molecule has 4 rings (SSSR count). The Bertz CT molecular complexity index is 884. The fourth-order valence-electron chi connectivity index (χ4n) is 4.67. The SMILES string of the molecule is O=C(CCN1CCCCC1)N[C@H]1CC[C@@H](CCn2cc(-c3ccc(F)cc3)nn2)O[C@H]1CO. The number of hydrogen-bond donors (Lipinski definition) is 2. The number of carbonyl (C=O) groups is 1. The number of likely N-dealkylation sites (tertiary alicyclic amines) is 1. The first-order valence-corrected chi connectivity index (χ1v) is 12.0. The number of piperidine rings is 1. The third-order valence-corrected chi connectivity index (χ3v) is 6.60. The zero-order valence-corrected chi connectivity index (χ0v) is 19.0. The molecule has 180 valence electrons. The van der Waals surface area contributed by atoms with E-state index < -0.39 is 6.10 Å². The largest absolute Gasteiger partial charge is 0.394 e. The molecule has 3 heterocycles. The lowest BCUT2D eigenvalue weighted by atomic mass is 9.97. The molecule has 2 aliphatic heterocycles. The molecule has 9 heteroatoms. The van der Waals surface area contributed by atoms with E-state index in [0.717, 1.165) is 44.5 Å². The Labute approximate surface area is 194 Å². The van der Waals surface area contributed by atoms with Gasteiger partial charge in [0.2, 0.25) is 5.91 Å². The van der Waals surface area contributed by atoms with Gasteiger partial charge in [0, 0.05) is 25.1 Å². The van der Waals surface area contributed by atoms with Crippen molar-refractivity contribution < 1.29 is 19.0 Å². The Morgan fingerprint density at radius 3 is 2.70 bits per heavy atom. The summed E-state index contributed by atoms with van der Waals surface area (Å²) in [6, 6.07) is 6.02. The summed E-state index contributed by atoms with van der Waals surface area (Å²) in [5.74, 6) is -0.252. The summed E-state index contributed by atoms with van der Waals surface area (Å²) in [6.45, 7) is 3.47. The Balaban J connectivity index is 1.21. The van der Waals surface area contributed by atoms with Crippen molar-refractivity contribution in [2.45, 2.75) is 69.7 Å². The van der Waals surface area contributed by atoms with Crippen LogP contribution < -0.4 is 5.32 Å². The number of rotatable bonds is 9. The number of amides is 1. The van der Waals surface area contributed by atoms with Crippen LogP contribution in [0.2, 0.25) is 0 Å². The normalized spacial score (nSPS) is 24.0. The Hall–Kier alpha value is -2.36.